The smallest absolute Gasteiger partial charge is 0.310 e. The number of carboxylic acids is 1. The minimum Gasteiger partial charge on any atom is -0.481 e. The third kappa shape index (κ3) is 0.904. The molecule has 0 unspecified atom stereocenters. The Hall–Kier alpha value is -0.790. The van der Waals surface area contributed by atoms with Gasteiger partial charge in [0.25, 0.3) is 0 Å². The molecule has 2 aliphatic carbocycles. The maximum atomic E-state index is 11.1. The van der Waals surface area contributed by atoms with Crippen LogP contribution >= 0.6 is 0 Å². The molecule has 2 rings (SSSR count). The summed E-state index contributed by atoms with van der Waals surface area (Å²) in [4.78, 5) is 11.1. The first-order valence-electron chi connectivity index (χ1n) is 4.64. The van der Waals surface area contributed by atoms with Gasteiger partial charge in [-0.2, -0.15) is 0 Å². The largest absolute Gasteiger partial charge is 0.481 e. The number of allylic oxidation sites excluding steroid dienone is 2. The predicted molar refractivity (Wildman–Crippen MR) is 45.8 cm³/mol. The zero-order valence-corrected chi connectivity index (χ0v) is 7.12. The Kier molecular flexibility index (Phi) is 1.71. The van der Waals surface area contributed by atoms with Crippen LogP contribution in [-0.2, 0) is 4.79 Å². The highest BCUT2D eigenvalue weighted by Crippen LogP contribution is 2.49. The van der Waals surface area contributed by atoms with Gasteiger partial charge in [-0.15, -0.1) is 0 Å². The van der Waals surface area contributed by atoms with Crippen LogP contribution in [0.4, 0.5) is 0 Å². The molecule has 0 bridgehead atoms. The molecule has 0 spiro atoms. The lowest BCUT2D eigenvalue weighted by molar-refractivity contribution is -0.154. The van der Waals surface area contributed by atoms with Crippen molar-refractivity contribution in [1.82, 2.24) is 0 Å². The standard InChI is InChI=1S/C10H14O2/c11-9(12)10(6-1-2-7-10)8-4-3-5-8/h1-2,8H,3-7H2,(H,11,12). The summed E-state index contributed by atoms with van der Waals surface area (Å²) in [5, 5.41) is 9.16. The summed E-state index contributed by atoms with van der Waals surface area (Å²) in [7, 11) is 0. The normalized spacial score (nSPS) is 27.0. The SMILES string of the molecule is O=C(O)C1(C2CCC2)CC=CC1. The van der Waals surface area contributed by atoms with Gasteiger partial charge in [-0.3, -0.25) is 4.79 Å². The van der Waals surface area contributed by atoms with Crippen LogP contribution in [0.3, 0.4) is 0 Å². The van der Waals surface area contributed by atoms with Crippen molar-refractivity contribution in [2.75, 3.05) is 0 Å². The molecule has 0 heterocycles. The number of hydrogen-bond donors (Lipinski definition) is 1. The first-order valence-corrected chi connectivity index (χ1v) is 4.64. The van der Waals surface area contributed by atoms with Crippen LogP contribution in [-0.4, -0.2) is 11.1 Å². The maximum absolute atomic E-state index is 11.1. The molecular weight excluding hydrogens is 152 g/mol. The fourth-order valence-electron chi connectivity index (χ4n) is 2.31. The highest BCUT2D eigenvalue weighted by atomic mass is 16.4. The molecular formula is C10H14O2. The van der Waals surface area contributed by atoms with E-state index in [1.807, 2.05) is 12.2 Å². The minimum absolute atomic E-state index is 0.405. The molecule has 66 valence electrons. The van der Waals surface area contributed by atoms with Gasteiger partial charge in [0.2, 0.25) is 0 Å². The van der Waals surface area contributed by atoms with Gasteiger partial charge < -0.3 is 5.11 Å². The second kappa shape index (κ2) is 2.61. The quantitative estimate of drug-likeness (QED) is 0.638. The van der Waals surface area contributed by atoms with Gasteiger partial charge in [0, 0.05) is 0 Å². The second-order valence-corrected chi connectivity index (χ2v) is 3.97. The lowest BCUT2D eigenvalue weighted by Gasteiger charge is -2.39. The van der Waals surface area contributed by atoms with Crippen LogP contribution < -0.4 is 0 Å². The number of aliphatic carboxylic acids is 1. The molecule has 0 atom stereocenters. The summed E-state index contributed by atoms with van der Waals surface area (Å²) in [6, 6.07) is 0. The van der Waals surface area contributed by atoms with E-state index in [2.05, 4.69) is 0 Å². The molecule has 1 N–H and O–H groups in total. The van der Waals surface area contributed by atoms with Gasteiger partial charge in [-0.05, 0) is 31.6 Å². The van der Waals surface area contributed by atoms with Crippen molar-refractivity contribution in [1.29, 1.82) is 0 Å². The van der Waals surface area contributed by atoms with Crippen molar-refractivity contribution in [3.63, 3.8) is 0 Å². The highest BCUT2D eigenvalue weighted by molar-refractivity contribution is 5.76. The van der Waals surface area contributed by atoms with E-state index in [1.165, 1.54) is 6.42 Å². The van der Waals surface area contributed by atoms with Crippen LogP contribution in [0, 0.1) is 11.3 Å². The summed E-state index contributed by atoms with van der Waals surface area (Å²) < 4.78 is 0. The van der Waals surface area contributed by atoms with Crippen molar-refractivity contribution in [3.8, 4) is 0 Å². The Morgan fingerprint density at radius 2 is 1.92 bits per heavy atom. The van der Waals surface area contributed by atoms with E-state index in [4.69, 9.17) is 5.11 Å². The summed E-state index contributed by atoms with van der Waals surface area (Å²) in [6.07, 6.45) is 9.01. The molecule has 12 heavy (non-hydrogen) atoms. The third-order valence-electron chi connectivity index (χ3n) is 3.44. The molecule has 0 saturated heterocycles. The molecule has 2 heteroatoms. The zero-order chi connectivity index (χ0) is 8.60. The third-order valence-corrected chi connectivity index (χ3v) is 3.44. The Morgan fingerprint density at radius 1 is 1.33 bits per heavy atom. The number of hydrogen-bond acceptors (Lipinski definition) is 1. The molecule has 0 aromatic rings. The summed E-state index contributed by atoms with van der Waals surface area (Å²) >= 11 is 0. The van der Waals surface area contributed by atoms with Crippen molar-refractivity contribution < 1.29 is 9.90 Å². The lowest BCUT2D eigenvalue weighted by Crippen LogP contribution is -2.39. The topological polar surface area (TPSA) is 37.3 Å². The first kappa shape index (κ1) is 7.84. The van der Waals surface area contributed by atoms with E-state index in [9.17, 15) is 4.79 Å². The monoisotopic (exact) mass is 166 g/mol. The van der Waals surface area contributed by atoms with Crippen LogP contribution in [0.2, 0.25) is 0 Å². The van der Waals surface area contributed by atoms with Crippen LogP contribution in [0.1, 0.15) is 32.1 Å². The van der Waals surface area contributed by atoms with Crippen molar-refractivity contribution in [2.24, 2.45) is 11.3 Å². The number of rotatable bonds is 2. The maximum Gasteiger partial charge on any atom is 0.310 e. The van der Waals surface area contributed by atoms with Gasteiger partial charge in [-0.25, -0.2) is 0 Å². The van der Waals surface area contributed by atoms with E-state index < -0.39 is 11.4 Å². The molecule has 2 aliphatic rings. The lowest BCUT2D eigenvalue weighted by atomic mass is 9.64. The Bertz CT molecular complexity index is 218. The summed E-state index contributed by atoms with van der Waals surface area (Å²) in [5.74, 6) is -0.137. The van der Waals surface area contributed by atoms with Crippen molar-refractivity contribution in [2.45, 2.75) is 32.1 Å². The van der Waals surface area contributed by atoms with Gasteiger partial charge in [0.1, 0.15) is 0 Å². The van der Waals surface area contributed by atoms with Gasteiger partial charge >= 0.3 is 5.97 Å². The van der Waals surface area contributed by atoms with E-state index in [0.29, 0.717) is 5.92 Å². The molecule has 0 aromatic carbocycles. The van der Waals surface area contributed by atoms with E-state index in [1.54, 1.807) is 0 Å². The molecule has 2 nitrogen and oxygen atoms in total. The first-order chi connectivity index (χ1) is 5.76. The highest BCUT2D eigenvalue weighted by Gasteiger charge is 2.47. The predicted octanol–water partition coefficient (Wildman–Crippen LogP) is 2.21. The molecule has 1 saturated carbocycles. The Balaban J connectivity index is 2.16. The number of carbonyl (C=O) groups is 1. The Labute approximate surface area is 72.3 Å². The van der Waals surface area contributed by atoms with Gasteiger partial charge in [0.05, 0.1) is 5.41 Å². The Morgan fingerprint density at radius 3 is 2.25 bits per heavy atom. The number of carboxylic acid groups (broad SMARTS) is 1. The van der Waals surface area contributed by atoms with E-state index in [-0.39, 0.29) is 0 Å². The average molecular weight is 166 g/mol. The van der Waals surface area contributed by atoms with Crippen molar-refractivity contribution in [3.05, 3.63) is 12.2 Å². The van der Waals surface area contributed by atoms with Gasteiger partial charge in [-0.1, -0.05) is 18.6 Å². The van der Waals surface area contributed by atoms with Crippen LogP contribution in [0.15, 0.2) is 12.2 Å². The fourth-order valence-corrected chi connectivity index (χ4v) is 2.31. The van der Waals surface area contributed by atoms with E-state index >= 15 is 0 Å². The molecule has 0 aromatic heterocycles. The van der Waals surface area contributed by atoms with E-state index in [0.717, 1.165) is 25.7 Å². The second-order valence-electron chi connectivity index (χ2n) is 3.97. The molecule has 1 fully saturated rings. The van der Waals surface area contributed by atoms with Crippen molar-refractivity contribution >= 4 is 5.97 Å². The zero-order valence-electron chi connectivity index (χ0n) is 7.12. The van der Waals surface area contributed by atoms with Crippen LogP contribution in [0.25, 0.3) is 0 Å². The van der Waals surface area contributed by atoms with Crippen LogP contribution in [0.5, 0.6) is 0 Å². The average Bonchev–Trinajstić information content (AvgIpc) is 2.33. The summed E-state index contributed by atoms with van der Waals surface area (Å²) in [6.45, 7) is 0. The van der Waals surface area contributed by atoms with Gasteiger partial charge in [0.15, 0.2) is 0 Å². The molecule has 0 radical (unpaired) electrons. The minimum atomic E-state index is -0.586. The molecule has 0 amide bonds. The molecule has 0 aliphatic heterocycles. The summed E-state index contributed by atoms with van der Waals surface area (Å²) in [5.41, 5.74) is -0.405. The fraction of sp³-hybridized carbons (Fsp3) is 0.700.